The molecule has 0 saturated heterocycles. The fourth-order valence-electron chi connectivity index (χ4n) is 1.18. The van der Waals surface area contributed by atoms with Crippen LogP contribution in [0.4, 0.5) is 0 Å². The molecule has 1 aromatic carbocycles. The first-order valence-electron chi connectivity index (χ1n) is 4.95. The second-order valence-electron chi connectivity index (χ2n) is 3.44. The summed E-state index contributed by atoms with van der Waals surface area (Å²) in [5, 5.41) is 0. The number of thioether (sulfide) groups is 1. The van der Waals surface area contributed by atoms with Gasteiger partial charge in [0.1, 0.15) is 0 Å². The zero-order valence-electron chi connectivity index (χ0n) is 10.1. The average Bonchev–Trinajstić information content (AvgIpc) is 2.76. The highest BCUT2D eigenvalue weighted by Gasteiger charge is 2.13. The Morgan fingerprint density at radius 2 is 1.63 bits per heavy atom. The molecule has 2 rings (SSSR count). The molecule has 0 aliphatic carbocycles. The predicted octanol–water partition coefficient (Wildman–Crippen LogP) is 0.0320. The van der Waals surface area contributed by atoms with Crippen LogP contribution in [0.25, 0.3) is 10.4 Å². The predicted molar refractivity (Wildman–Crippen MR) is 68.6 cm³/mol. The third-order valence-electron chi connectivity index (χ3n) is 2.00. The van der Waals surface area contributed by atoms with Gasteiger partial charge in [-0.05, 0) is 18.7 Å². The van der Waals surface area contributed by atoms with Gasteiger partial charge in [0.2, 0.25) is 0 Å². The number of hydrogen-bond donors (Lipinski definition) is 0. The van der Waals surface area contributed by atoms with E-state index < -0.39 is 10.2 Å². The Hall–Kier alpha value is -0.250. The number of hydrogen-bond acceptors (Lipinski definition) is 6. The molecule has 0 aliphatic rings. The Labute approximate surface area is 125 Å². The number of halogens is 1. The van der Waals surface area contributed by atoms with Gasteiger partial charge in [-0.2, -0.15) is 0 Å². The zero-order chi connectivity index (χ0) is 14.5. The van der Waals surface area contributed by atoms with E-state index in [4.69, 9.17) is 18.6 Å². The summed E-state index contributed by atoms with van der Waals surface area (Å²) in [6.45, 7) is 2.12. The molecule has 0 atom stereocenters. The van der Waals surface area contributed by atoms with Gasteiger partial charge in [0.15, 0.2) is 10.3 Å². The van der Waals surface area contributed by atoms with Crippen LogP contribution in [0, 0.1) is 17.2 Å². The molecule has 1 aromatic heterocycles. The van der Waals surface area contributed by atoms with Gasteiger partial charge in [0, 0.05) is 6.07 Å². The van der Waals surface area contributed by atoms with E-state index >= 15 is 0 Å². The van der Waals surface area contributed by atoms with Crippen molar-refractivity contribution in [2.45, 2.75) is 11.1 Å². The highest BCUT2D eigenvalue weighted by Crippen LogP contribution is 2.35. The lowest BCUT2D eigenvalue weighted by molar-refractivity contribution is -2.00. The summed E-state index contributed by atoms with van der Waals surface area (Å²) in [5.74, 6) is 0. The summed E-state index contributed by atoms with van der Waals surface area (Å²) in [6.07, 6.45) is 2.12. The molecule has 8 heteroatoms. The Balaban J connectivity index is 0.000000312. The van der Waals surface area contributed by atoms with Crippen molar-refractivity contribution in [1.29, 1.82) is 0 Å². The first-order chi connectivity index (χ1) is 8.79. The normalized spacial score (nSPS) is 10.8. The molecule has 4 nitrogen and oxygen atoms in total. The van der Waals surface area contributed by atoms with Gasteiger partial charge >= 0.3 is 10.3 Å². The van der Waals surface area contributed by atoms with Crippen molar-refractivity contribution < 1.29 is 28.9 Å². The quantitative estimate of drug-likeness (QED) is 0.437. The summed E-state index contributed by atoms with van der Waals surface area (Å²) < 4.78 is 35.4. The van der Waals surface area contributed by atoms with Gasteiger partial charge in [-0.15, -0.1) is 10.2 Å². The minimum atomic E-state index is -4.94. The number of benzene rings is 1. The summed E-state index contributed by atoms with van der Waals surface area (Å²) in [5.41, 5.74) is 2.65. The van der Waals surface area contributed by atoms with E-state index in [1.807, 2.05) is 32.4 Å². The van der Waals surface area contributed by atoms with E-state index in [1.54, 1.807) is 0 Å². The van der Waals surface area contributed by atoms with Gasteiger partial charge in [0.05, 0.1) is 4.88 Å². The van der Waals surface area contributed by atoms with Gasteiger partial charge in [-0.25, -0.2) is 18.6 Å². The van der Waals surface area contributed by atoms with Crippen molar-refractivity contribution in [3.8, 4) is 10.4 Å². The van der Waals surface area contributed by atoms with Crippen LogP contribution in [0.2, 0.25) is 0 Å². The number of rotatable bonds is 2. The lowest BCUT2D eigenvalue weighted by Crippen LogP contribution is -2.68. The first kappa shape index (κ1) is 16.8. The van der Waals surface area contributed by atoms with Crippen LogP contribution in [0.15, 0.2) is 34.5 Å². The molecule has 0 unspecified atom stereocenters. The summed E-state index contributed by atoms with van der Waals surface area (Å²) >= 11 is 1.82. The van der Waals surface area contributed by atoms with E-state index in [-0.39, 0.29) is 0 Å². The lowest BCUT2D eigenvalue weighted by atomic mass is 10.1. The molecule has 0 spiro atoms. The van der Waals surface area contributed by atoms with Crippen molar-refractivity contribution in [3.63, 3.8) is 0 Å². The van der Waals surface area contributed by atoms with E-state index in [0.717, 1.165) is 0 Å². The minimum Gasteiger partial charge on any atom is -0.222 e. The fraction of sp³-hybridized carbons (Fsp3) is 0.182. The van der Waals surface area contributed by atoms with Gasteiger partial charge < -0.3 is 0 Å². The van der Waals surface area contributed by atoms with Gasteiger partial charge in [0.25, 0.3) is 4.21 Å². The summed E-state index contributed by atoms with van der Waals surface area (Å²) in [6, 6.07) is 11.0. The van der Waals surface area contributed by atoms with E-state index in [2.05, 4.69) is 43.5 Å². The molecule has 104 valence electrons. The Bertz CT molecular complexity index is 501. The third kappa shape index (κ3) is 7.19. The van der Waals surface area contributed by atoms with Crippen LogP contribution in [0.1, 0.15) is 5.56 Å². The fourth-order valence-corrected chi connectivity index (χ4v) is 4.59. The van der Waals surface area contributed by atoms with Crippen molar-refractivity contribution in [2.24, 2.45) is 0 Å². The maximum Gasteiger partial charge on any atom is 0.308 e. The van der Waals surface area contributed by atoms with Gasteiger partial charge in [-0.3, -0.25) is 0 Å². The summed E-state index contributed by atoms with van der Waals surface area (Å²) in [7, 11) is -1.24. The van der Waals surface area contributed by atoms with E-state index in [1.165, 1.54) is 20.2 Å². The minimum absolute atomic E-state index is 1.32. The molecule has 1 heterocycles. The average molecular weight is 339 g/mol. The maximum atomic E-state index is 8.49. The van der Waals surface area contributed by atoms with Gasteiger partial charge in [-0.1, -0.05) is 41.6 Å². The van der Waals surface area contributed by atoms with Crippen LogP contribution < -0.4 is 18.6 Å². The van der Waals surface area contributed by atoms with Crippen LogP contribution >= 0.6 is 32.4 Å². The second-order valence-corrected chi connectivity index (χ2v) is 7.52. The molecule has 0 amide bonds. The second kappa shape index (κ2) is 7.51. The Morgan fingerprint density at radius 1 is 1.11 bits per heavy atom. The molecule has 0 aliphatic heterocycles. The van der Waals surface area contributed by atoms with E-state index in [9.17, 15) is 0 Å². The monoisotopic (exact) mass is 338 g/mol. The summed E-state index contributed by atoms with van der Waals surface area (Å²) in [4.78, 5) is 1.37. The third-order valence-corrected chi connectivity index (χ3v) is 5.81. The number of aryl methyl sites for hydroxylation is 1. The van der Waals surface area contributed by atoms with Crippen molar-refractivity contribution >= 4 is 32.4 Å². The zero-order valence-corrected chi connectivity index (χ0v) is 13.3. The molecule has 2 aromatic rings. The maximum absolute atomic E-state index is 8.49. The topological polar surface area (TPSA) is 92.2 Å². The Kier molecular flexibility index (Phi) is 6.64. The van der Waals surface area contributed by atoms with Crippen LogP contribution in [0.3, 0.4) is 0 Å². The van der Waals surface area contributed by atoms with Crippen LogP contribution in [-0.4, -0.2) is 6.26 Å². The molecular weight excluding hydrogens is 328 g/mol. The SMILES string of the molecule is CSc1cc(-c2ccc(C)cc2)s[s+]1.[O-][Cl+3]([O-])([O-])[O-]. The van der Waals surface area contributed by atoms with Crippen molar-refractivity contribution in [3.05, 3.63) is 35.9 Å². The smallest absolute Gasteiger partial charge is 0.222 e. The first-order valence-corrected chi connectivity index (χ1v) is 9.56. The van der Waals surface area contributed by atoms with Crippen molar-refractivity contribution in [1.82, 2.24) is 0 Å². The van der Waals surface area contributed by atoms with Crippen LogP contribution in [0.5, 0.6) is 0 Å². The molecule has 0 fully saturated rings. The molecule has 0 N–H and O–H groups in total. The standard InChI is InChI=1S/C11H11S3.ClHO4/c1-8-3-5-9(6-4-8)10-7-11(12-2)14-13-10;2-1(3,4)5/h3-7H,1-2H3;(H,2,3,4,5)/q+1;/p-1. The largest absolute Gasteiger partial charge is 0.308 e. The molecular formula is C11H11ClO4S3. The molecule has 0 saturated carbocycles. The van der Waals surface area contributed by atoms with Crippen molar-refractivity contribution in [2.75, 3.05) is 6.26 Å². The molecule has 0 radical (unpaired) electrons. The lowest BCUT2D eigenvalue weighted by Gasteiger charge is -2.17. The molecule has 19 heavy (non-hydrogen) atoms. The molecule has 0 bridgehead atoms. The Morgan fingerprint density at radius 3 is 2.05 bits per heavy atom. The van der Waals surface area contributed by atoms with Crippen LogP contribution in [-0.2, 0) is 0 Å². The van der Waals surface area contributed by atoms with E-state index in [0.29, 0.717) is 0 Å². The highest BCUT2D eigenvalue weighted by atomic mass is 35.7. The highest BCUT2D eigenvalue weighted by molar-refractivity contribution is 8.02.